The highest BCUT2D eigenvalue weighted by molar-refractivity contribution is 5.94. The number of nitrogens with zero attached hydrogens (tertiary/aromatic N) is 1. The number of aromatic nitrogens is 1. The summed E-state index contributed by atoms with van der Waals surface area (Å²) in [5, 5.41) is 12.7. The van der Waals surface area contributed by atoms with Gasteiger partial charge in [0, 0.05) is 40.4 Å². The van der Waals surface area contributed by atoms with Gasteiger partial charge in [-0.25, -0.2) is 4.39 Å². The third-order valence-electron chi connectivity index (χ3n) is 11.0. The molecule has 1 amide bonds. The maximum Gasteiger partial charge on any atom is 0.251 e. The molecule has 1 aromatic heterocycles. The van der Waals surface area contributed by atoms with Crippen LogP contribution < -0.4 is 15.4 Å². The van der Waals surface area contributed by atoms with Gasteiger partial charge in [0.05, 0.1) is 5.69 Å². The first-order valence-corrected chi connectivity index (χ1v) is 17.2. The van der Waals surface area contributed by atoms with Crippen LogP contribution in [0.3, 0.4) is 0 Å². The smallest absolute Gasteiger partial charge is 0.251 e. The number of para-hydroxylation sites is 1. The van der Waals surface area contributed by atoms with Gasteiger partial charge >= 0.3 is 0 Å². The van der Waals surface area contributed by atoms with Gasteiger partial charge in [-0.1, -0.05) is 75.9 Å². The molecule has 46 heavy (non-hydrogen) atoms. The van der Waals surface area contributed by atoms with Gasteiger partial charge in [-0.2, -0.15) is 0 Å². The number of rotatable bonds is 14. The third kappa shape index (κ3) is 6.57. The Bertz CT molecular complexity index is 1620. The highest BCUT2D eigenvalue weighted by Crippen LogP contribution is 2.57. The molecule has 3 aromatic carbocycles. The van der Waals surface area contributed by atoms with Crippen LogP contribution in [0.1, 0.15) is 101 Å². The fourth-order valence-corrected chi connectivity index (χ4v) is 8.47. The van der Waals surface area contributed by atoms with E-state index in [1.165, 1.54) is 18.6 Å². The Morgan fingerprint density at radius 1 is 1.07 bits per heavy atom. The van der Waals surface area contributed by atoms with E-state index in [0.717, 1.165) is 74.7 Å². The summed E-state index contributed by atoms with van der Waals surface area (Å²) in [4.78, 5) is 13.5. The van der Waals surface area contributed by atoms with Crippen molar-refractivity contribution >= 4 is 16.9 Å². The molecule has 5 atom stereocenters. The van der Waals surface area contributed by atoms with E-state index >= 15 is 0 Å². The lowest BCUT2D eigenvalue weighted by atomic mass is 9.64. The van der Waals surface area contributed by atoms with Crippen LogP contribution in [-0.2, 0) is 0 Å². The monoisotopic (exact) mass is 625 g/mol. The maximum atomic E-state index is 13.8. The largest absolute Gasteiger partial charge is 0.457 e. The fourth-order valence-electron chi connectivity index (χ4n) is 8.47. The van der Waals surface area contributed by atoms with E-state index in [0.29, 0.717) is 35.3 Å². The number of unbranched alkanes of at least 4 members (excludes halogenated alkanes) is 1. The molecule has 2 N–H and O–H groups in total. The SMILES string of the molecule is CCCCC(CCC(C)CC12CCCC1(CNC(=O)c1cccc(Oc3ccccc3)c1)C(C)CN2)c1noc2cc(F)ccc12. The van der Waals surface area contributed by atoms with E-state index in [1.54, 1.807) is 0 Å². The number of hydrogen-bond donors (Lipinski definition) is 2. The molecule has 2 fully saturated rings. The minimum absolute atomic E-state index is 0.00834. The average Bonchev–Trinajstić information content (AvgIpc) is 3.71. The van der Waals surface area contributed by atoms with Crippen LogP contribution in [0.25, 0.3) is 11.0 Å². The van der Waals surface area contributed by atoms with Gasteiger partial charge in [0.1, 0.15) is 17.3 Å². The molecule has 1 saturated heterocycles. The van der Waals surface area contributed by atoms with E-state index in [1.807, 2.05) is 60.7 Å². The number of carbonyl (C=O) groups is 1. The Morgan fingerprint density at radius 2 is 1.89 bits per heavy atom. The molecule has 1 saturated carbocycles. The number of amides is 1. The number of benzene rings is 3. The summed E-state index contributed by atoms with van der Waals surface area (Å²) in [5.74, 6) is 2.30. The predicted octanol–water partition coefficient (Wildman–Crippen LogP) is 9.42. The Balaban J connectivity index is 1.12. The molecular weight excluding hydrogens is 577 g/mol. The number of ether oxygens (including phenoxy) is 1. The number of carbonyl (C=O) groups excluding carboxylic acids is 1. The molecule has 6 rings (SSSR count). The first kappa shape index (κ1) is 32.2. The highest BCUT2D eigenvalue weighted by Gasteiger charge is 2.60. The van der Waals surface area contributed by atoms with Gasteiger partial charge in [0.2, 0.25) is 0 Å². The molecule has 4 aromatic rings. The maximum absolute atomic E-state index is 13.8. The molecule has 244 valence electrons. The highest BCUT2D eigenvalue weighted by atomic mass is 19.1. The van der Waals surface area contributed by atoms with Gasteiger partial charge in [-0.15, -0.1) is 0 Å². The quantitative estimate of drug-likeness (QED) is 0.146. The molecule has 6 nitrogen and oxygen atoms in total. The van der Waals surface area contributed by atoms with E-state index in [2.05, 4.69) is 36.6 Å². The molecule has 2 aliphatic rings. The van der Waals surface area contributed by atoms with Gasteiger partial charge < -0.3 is 19.9 Å². The van der Waals surface area contributed by atoms with E-state index in [9.17, 15) is 9.18 Å². The van der Waals surface area contributed by atoms with Crippen molar-refractivity contribution in [2.75, 3.05) is 13.1 Å². The summed E-state index contributed by atoms with van der Waals surface area (Å²) >= 11 is 0. The summed E-state index contributed by atoms with van der Waals surface area (Å²) < 4.78 is 25.4. The zero-order chi connectivity index (χ0) is 32.1. The van der Waals surface area contributed by atoms with Gasteiger partial charge in [0.25, 0.3) is 5.91 Å². The first-order valence-electron chi connectivity index (χ1n) is 17.2. The molecule has 0 spiro atoms. The third-order valence-corrected chi connectivity index (χ3v) is 11.0. The molecule has 7 heteroatoms. The van der Waals surface area contributed by atoms with Crippen LogP contribution in [0, 0.1) is 23.1 Å². The van der Waals surface area contributed by atoms with Crippen LogP contribution in [0.4, 0.5) is 4.39 Å². The number of halogens is 1. The van der Waals surface area contributed by atoms with Gasteiger partial charge in [0.15, 0.2) is 5.58 Å². The van der Waals surface area contributed by atoms with Crippen molar-refractivity contribution in [3.05, 3.63) is 89.9 Å². The van der Waals surface area contributed by atoms with Crippen molar-refractivity contribution in [1.82, 2.24) is 15.8 Å². The van der Waals surface area contributed by atoms with Crippen LogP contribution >= 0.6 is 0 Å². The molecule has 0 radical (unpaired) electrons. The minimum atomic E-state index is -0.298. The molecule has 2 heterocycles. The number of nitrogens with one attached hydrogen (secondary N) is 2. The molecule has 5 unspecified atom stereocenters. The second-order valence-electron chi connectivity index (χ2n) is 13.9. The van der Waals surface area contributed by atoms with E-state index < -0.39 is 0 Å². The summed E-state index contributed by atoms with van der Waals surface area (Å²) in [6.07, 6.45) is 9.91. The summed E-state index contributed by atoms with van der Waals surface area (Å²) in [7, 11) is 0. The Morgan fingerprint density at radius 3 is 2.72 bits per heavy atom. The van der Waals surface area contributed by atoms with Crippen molar-refractivity contribution in [2.45, 2.75) is 90.0 Å². The van der Waals surface area contributed by atoms with Crippen LogP contribution in [0.5, 0.6) is 11.5 Å². The van der Waals surface area contributed by atoms with Crippen LogP contribution in [0.15, 0.2) is 77.3 Å². The van der Waals surface area contributed by atoms with Gasteiger partial charge in [-0.3, -0.25) is 4.79 Å². The average molecular weight is 626 g/mol. The Labute approximate surface area is 272 Å². The zero-order valence-corrected chi connectivity index (χ0v) is 27.5. The van der Waals surface area contributed by atoms with Crippen molar-refractivity contribution in [3.8, 4) is 11.5 Å². The molecule has 0 bridgehead atoms. The zero-order valence-electron chi connectivity index (χ0n) is 27.5. The Hall–Kier alpha value is -3.71. The van der Waals surface area contributed by atoms with Crippen molar-refractivity contribution in [3.63, 3.8) is 0 Å². The lowest BCUT2D eigenvalue weighted by Crippen LogP contribution is -2.55. The summed E-state index contributed by atoms with van der Waals surface area (Å²) in [6, 6.07) is 21.8. The standard InChI is InChI=1S/C39H48FN3O3/c1-4-5-11-29(36-34-19-18-31(40)23-35(34)46-43-36)17-16-27(2)24-39-21-10-20-38(39,28(3)25-42-39)26-41-37(44)30-12-9-15-33(22-30)45-32-13-7-6-8-14-32/h6-9,12-15,18-19,22-23,27-29,42H,4-5,10-11,16-17,20-21,24-26H2,1-3H3,(H,41,44). The second-order valence-corrected chi connectivity index (χ2v) is 13.9. The van der Waals surface area contributed by atoms with Crippen molar-refractivity contribution < 1.29 is 18.4 Å². The summed E-state index contributed by atoms with van der Waals surface area (Å²) in [6.45, 7) is 8.59. The lowest BCUT2D eigenvalue weighted by molar-refractivity contribution is 0.0817. The second kappa shape index (κ2) is 14.0. The topological polar surface area (TPSA) is 76.4 Å². The Kier molecular flexibility index (Phi) is 9.78. The van der Waals surface area contributed by atoms with Crippen molar-refractivity contribution in [1.29, 1.82) is 0 Å². The van der Waals surface area contributed by atoms with Crippen LogP contribution in [0.2, 0.25) is 0 Å². The molecule has 1 aliphatic heterocycles. The van der Waals surface area contributed by atoms with E-state index in [4.69, 9.17) is 9.26 Å². The minimum Gasteiger partial charge on any atom is -0.457 e. The van der Waals surface area contributed by atoms with Crippen LogP contribution in [-0.4, -0.2) is 29.7 Å². The molecular formula is C39H48FN3O3. The molecule has 1 aliphatic carbocycles. The number of hydrogen-bond acceptors (Lipinski definition) is 5. The van der Waals surface area contributed by atoms with Gasteiger partial charge in [-0.05, 0) is 92.9 Å². The fraction of sp³-hybridized carbons (Fsp3) is 0.487. The van der Waals surface area contributed by atoms with Crippen molar-refractivity contribution in [2.24, 2.45) is 17.3 Å². The normalized spacial score (nSPS) is 23.7. The predicted molar refractivity (Wildman–Crippen MR) is 181 cm³/mol. The first-order chi connectivity index (χ1) is 22.3. The lowest BCUT2D eigenvalue weighted by Gasteiger charge is -2.44. The van der Waals surface area contributed by atoms with E-state index in [-0.39, 0.29) is 28.6 Å². The summed E-state index contributed by atoms with van der Waals surface area (Å²) in [5.41, 5.74) is 2.14. The number of fused-ring (bicyclic) bond motifs is 2.